The molecule has 8 nitrogen and oxygen atoms in total. The fraction of sp³-hybridized carbons (Fsp3) is 0.286. The van der Waals surface area contributed by atoms with Gasteiger partial charge in [-0.15, -0.1) is 0 Å². The van der Waals surface area contributed by atoms with Crippen molar-refractivity contribution in [2.75, 3.05) is 18.1 Å². The van der Waals surface area contributed by atoms with Crippen molar-refractivity contribution in [1.29, 1.82) is 0 Å². The van der Waals surface area contributed by atoms with Crippen molar-refractivity contribution in [3.63, 3.8) is 0 Å². The van der Waals surface area contributed by atoms with Crippen LogP contribution in [0.3, 0.4) is 0 Å². The molecule has 0 radical (unpaired) electrons. The van der Waals surface area contributed by atoms with Crippen molar-refractivity contribution >= 4 is 45.0 Å². The number of carbonyl (C=O) groups excluding carboxylic acids is 3. The van der Waals surface area contributed by atoms with Crippen molar-refractivity contribution in [3.05, 3.63) is 59.1 Å². The van der Waals surface area contributed by atoms with E-state index in [1.165, 1.54) is 18.2 Å². The maximum absolute atomic E-state index is 12.9. The highest BCUT2D eigenvalue weighted by Gasteiger charge is 2.47. The van der Waals surface area contributed by atoms with Crippen LogP contribution in [0.15, 0.2) is 53.4 Å². The smallest absolute Gasteiger partial charge is 0.323 e. The molecule has 1 aliphatic heterocycles. The summed E-state index contributed by atoms with van der Waals surface area (Å²) in [5.74, 6) is -1.18. The second-order valence-electron chi connectivity index (χ2n) is 7.60. The van der Waals surface area contributed by atoms with E-state index in [2.05, 4.69) is 10.6 Å². The lowest BCUT2D eigenvalue weighted by Gasteiger charge is -2.21. The lowest BCUT2D eigenvalue weighted by molar-refractivity contribution is -0.133. The normalized spacial score (nSPS) is 18.7. The number of urea groups is 1. The van der Waals surface area contributed by atoms with E-state index < -0.39 is 39.8 Å². The van der Waals surface area contributed by atoms with Gasteiger partial charge in [-0.2, -0.15) is 0 Å². The van der Waals surface area contributed by atoms with Crippen molar-refractivity contribution in [2.45, 2.75) is 30.2 Å². The van der Waals surface area contributed by atoms with Gasteiger partial charge < -0.3 is 10.6 Å². The van der Waals surface area contributed by atoms with Crippen molar-refractivity contribution in [1.82, 2.24) is 10.2 Å². The number of benzene rings is 2. The minimum absolute atomic E-state index is 0.0179. The molecule has 1 heterocycles. The molecule has 0 spiro atoms. The van der Waals surface area contributed by atoms with Crippen LogP contribution in [0.5, 0.6) is 0 Å². The third-order valence-corrected chi connectivity index (χ3v) is 6.48. The van der Waals surface area contributed by atoms with Gasteiger partial charge in [0.25, 0.3) is 5.91 Å². The summed E-state index contributed by atoms with van der Waals surface area (Å²) in [4.78, 5) is 38.5. The summed E-state index contributed by atoms with van der Waals surface area (Å²) in [6.07, 6.45) is 1.99. The lowest BCUT2D eigenvalue weighted by atomic mass is 9.93. The zero-order valence-electron chi connectivity index (χ0n) is 17.0. The first-order valence-corrected chi connectivity index (χ1v) is 11.7. The molecular weight excluding hydrogens is 442 g/mol. The van der Waals surface area contributed by atoms with Crippen LogP contribution in [0.2, 0.25) is 5.02 Å². The zero-order chi connectivity index (χ0) is 22.8. The predicted molar refractivity (Wildman–Crippen MR) is 117 cm³/mol. The number of rotatable bonds is 7. The van der Waals surface area contributed by atoms with Crippen LogP contribution in [0.25, 0.3) is 0 Å². The number of hydrogen-bond acceptors (Lipinski definition) is 5. The lowest BCUT2D eigenvalue weighted by Crippen LogP contribution is -2.45. The van der Waals surface area contributed by atoms with Gasteiger partial charge in [0, 0.05) is 6.26 Å². The van der Waals surface area contributed by atoms with Gasteiger partial charge in [0.05, 0.1) is 15.6 Å². The van der Waals surface area contributed by atoms with Crippen LogP contribution >= 0.6 is 11.6 Å². The molecular formula is C21H22ClN3O5S. The summed E-state index contributed by atoms with van der Waals surface area (Å²) >= 11 is 6.04. The summed E-state index contributed by atoms with van der Waals surface area (Å²) in [5.41, 5.74) is -0.0167. The number of hydrogen-bond donors (Lipinski definition) is 2. The largest absolute Gasteiger partial charge is 0.325 e. The predicted octanol–water partition coefficient (Wildman–Crippen LogP) is 2.63. The van der Waals surface area contributed by atoms with E-state index in [4.69, 9.17) is 11.6 Å². The molecule has 0 aliphatic carbocycles. The van der Waals surface area contributed by atoms with Crippen LogP contribution < -0.4 is 10.6 Å². The van der Waals surface area contributed by atoms with Crippen LogP contribution in [0.1, 0.15) is 18.9 Å². The SMILES string of the molecule is CC1(CCc2ccccc2)NC(=O)N(CC(=O)Nc2cc(S(C)(=O)=O)ccc2Cl)C1=O. The zero-order valence-corrected chi connectivity index (χ0v) is 18.6. The molecule has 1 fully saturated rings. The van der Waals surface area contributed by atoms with Gasteiger partial charge in [0.15, 0.2) is 9.84 Å². The Kier molecular flexibility index (Phi) is 6.38. The summed E-state index contributed by atoms with van der Waals surface area (Å²) in [6.45, 7) is 1.10. The van der Waals surface area contributed by atoms with E-state index >= 15 is 0 Å². The highest BCUT2D eigenvalue weighted by atomic mass is 35.5. The van der Waals surface area contributed by atoms with Crippen LogP contribution in [0, 0.1) is 0 Å². The maximum Gasteiger partial charge on any atom is 0.325 e. The van der Waals surface area contributed by atoms with E-state index in [9.17, 15) is 22.8 Å². The molecule has 1 unspecified atom stereocenters. The number of nitrogens with one attached hydrogen (secondary N) is 2. The molecule has 164 valence electrons. The molecule has 2 aromatic carbocycles. The Morgan fingerprint density at radius 2 is 1.84 bits per heavy atom. The minimum atomic E-state index is -3.50. The third-order valence-electron chi connectivity index (χ3n) is 5.04. The Balaban J connectivity index is 1.68. The fourth-order valence-electron chi connectivity index (χ4n) is 3.26. The summed E-state index contributed by atoms with van der Waals surface area (Å²) in [7, 11) is -3.50. The van der Waals surface area contributed by atoms with Crippen molar-refractivity contribution in [2.24, 2.45) is 0 Å². The average Bonchev–Trinajstić information content (AvgIpc) is 2.91. The van der Waals surface area contributed by atoms with Crippen LogP contribution in [0.4, 0.5) is 10.5 Å². The highest BCUT2D eigenvalue weighted by Crippen LogP contribution is 2.26. The number of carbonyl (C=O) groups is 3. The monoisotopic (exact) mass is 463 g/mol. The van der Waals surface area contributed by atoms with E-state index in [1.54, 1.807) is 6.92 Å². The number of halogens is 1. The number of imide groups is 1. The van der Waals surface area contributed by atoms with Gasteiger partial charge in [-0.3, -0.25) is 14.5 Å². The number of aryl methyl sites for hydroxylation is 1. The maximum atomic E-state index is 12.9. The Labute approximate surface area is 185 Å². The van der Waals surface area contributed by atoms with Crippen molar-refractivity contribution in [3.8, 4) is 0 Å². The quantitative estimate of drug-likeness (QED) is 0.613. The highest BCUT2D eigenvalue weighted by molar-refractivity contribution is 7.90. The summed E-state index contributed by atoms with van der Waals surface area (Å²) < 4.78 is 23.4. The molecule has 1 aliphatic rings. The van der Waals surface area contributed by atoms with Crippen molar-refractivity contribution < 1.29 is 22.8 Å². The van der Waals surface area contributed by atoms with Gasteiger partial charge >= 0.3 is 6.03 Å². The van der Waals surface area contributed by atoms with Gasteiger partial charge in [0.1, 0.15) is 12.1 Å². The van der Waals surface area contributed by atoms with Crippen LogP contribution in [-0.2, 0) is 25.8 Å². The molecule has 31 heavy (non-hydrogen) atoms. The first-order valence-electron chi connectivity index (χ1n) is 9.47. The second kappa shape index (κ2) is 8.68. The molecule has 0 saturated carbocycles. The Morgan fingerprint density at radius 3 is 2.48 bits per heavy atom. The molecule has 4 amide bonds. The molecule has 10 heteroatoms. The standard InChI is InChI=1S/C21H22ClN3O5S/c1-21(11-10-14-6-4-3-5-7-14)19(27)25(20(28)24-21)13-18(26)23-17-12-15(31(2,29)30)8-9-16(17)22/h3-9,12H,10-11,13H2,1-2H3,(H,23,26)(H,24,28). The number of sulfone groups is 1. The van der Waals surface area contributed by atoms with Gasteiger partial charge in [-0.1, -0.05) is 41.9 Å². The Hall–Kier alpha value is -2.91. The van der Waals surface area contributed by atoms with Crippen LogP contribution in [-0.4, -0.2) is 49.5 Å². The summed E-state index contributed by atoms with van der Waals surface area (Å²) in [6, 6.07) is 12.8. The molecule has 1 atom stereocenters. The number of amides is 4. The first kappa shape index (κ1) is 22.8. The number of anilines is 1. The first-order chi connectivity index (χ1) is 14.5. The van der Waals surface area contributed by atoms with E-state index in [1.807, 2.05) is 30.3 Å². The molecule has 1 saturated heterocycles. The Bertz CT molecular complexity index is 1140. The molecule has 0 bridgehead atoms. The topological polar surface area (TPSA) is 113 Å². The van der Waals surface area contributed by atoms with E-state index in [-0.39, 0.29) is 15.6 Å². The van der Waals surface area contributed by atoms with E-state index in [0.717, 1.165) is 16.7 Å². The number of nitrogens with zero attached hydrogens (tertiary/aromatic N) is 1. The van der Waals surface area contributed by atoms with E-state index in [0.29, 0.717) is 12.8 Å². The molecule has 0 aromatic heterocycles. The molecule has 3 rings (SSSR count). The second-order valence-corrected chi connectivity index (χ2v) is 10.0. The van der Waals surface area contributed by atoms with Gasteiger partial charge in [0.2, 0.25) is 5.91 Å². The van der Waals surface area contributed by atoms with Gasteiger partial charge in [-0.05, 0) is 43.5 Å². The fourth-order valence-corrected chi connectivity index (χ4v) is 4.08. The molecule has 2 N–H and O–H groups in total. The minimum Gasteiger partial charge on any atom is -0.323 e. The average molecular weight is 464 g/mol. The third kappa shape index (κ3) is 5.23. The van der Waals surface area contributed by atoms with Gasteiger partial charge in [-0.25, -0.2) is 13.2 Å². The summed E-state index contributed by atoms with van der Waals surface area (Å²) in [5, 5.41) is 5.26. The molecule has 2 aromatic rings. The Morgan fingerprint density at radius 1 is 1.16 bits per heavy atom.